The SMILES string of the molecule is CCOC(=O)C(CC(=O)COCc1ccccc1)=NC. The van der Waals surface area contributed by atoms with Crippen molar-refractivity contribution in [3.05, 3.63) is 35.9 Å². The van der Waals surface area contributed by atoms with E-state index in [1.54, 1.807) is 6.92 Å². The average molecular weight is 277 g/mol. The smallest absolute Gasteiger partial charge is 0.352 e. The van der Waals surface area contributed by atoms with Crippen molar-refractivity contribution >= 4 is 17.5 Å². The lowest BCUT2D eigenvalue weighted by atomic mass is 10.2. The van der Waals surface area contributed by atoms with Gasteiger partial charge in [-0.1, -0.05) is 30.3 Å². The lowest BCUT2D eigenvalue weighted by Gasteiger charge is -2.06. The van der Waals surface area contributed by atoms with Crippen LogP contribution in [0.3, 0.4) is 0 Å². The molecule has 1 rings (SSSR count). The molecule has 0 N–H and O–H groups in total. The predicted molar refractivity (Wildman–Crippen MR) is 75.7 cm³/mol. The maximum absolute atomic E-state index is 11.7. The van der Waals surface area contributed by atoms with Crippen molar-refractivity contribution in [1.29, 1.82) is 0 Å². The molecule has 5 heteroatoms. The number of hydrogen-bond donors (Lipinski definition) is 0. The number of esters is 1. The van der Waals surface area contributed by atoms with Crippen LogP contribution in [0.4, 0.5) is 0 Å². The lowest BCUT2D eigenvalue weighted by Crippen LogP contribution is -2.23. The van der Waals surface area contributed by atoms with Gasteiger partial charge in [0.2, 0.25) is 0 Å². The van der Waals surface area contributed by atoms with E-state index in [1.807, 2.05) is 30.3 Å². The van der Waals surface area contributed by atoms with Crippen molar-refractivity contribution in [2.45, 2.75) is 20.0 Å². The Morgan fingerprint density at radius 3 is 2.50 bits per heavy atom. The van der Waals surface area contributed by atoms with E-state index in [0.717, 1.165) is 5.56 Å². The van der Waals surface area contributed by atoms with Crippen LogP contribution in [0.2, 0.25) is 0 Å². The molecule has 0 amide bonds. The summed E-state index contributed by atoms with van der Waals surface area (Å²) in [4.78, 5) is 26.9. The number of Topliss-reactive ketones (excluding diaryl/α,β-unsaturated/α-hetero) is 1. The van der Waals surface area contributed by atoms with E-state index in [4.69, 9.17) is 9.47 Å². The Balaban J connectivity index is 2.34. The average Bonchev–Trinajstić information content (AvgIpc) is 2.46. The summed E-state index contributed by atoms with van der Waals surface area (Å²) in [6.07, 6.45) is -0.0654. The molecule has 0 heterocycles. The summed E-state index contributed by atoms with van der Waals surface area (Å²) in [5.74, 6) is -0.749. The van der Waals surface area contributed by atoms with Crippen LogP contribution in [0.1, 0.15) is 18.9 Å². The third-order valence-electron chi connectivity index (χ3n) is 2.52. The molecular weight excluding hydrogens is 258 g/mol. The fourth-order valence-electron chi connectivity index (χ4n) is 1.55. The topological polar surface area (TPSA) is 65.0 Å². The summed E-state index contributed by atoms with van der Waals surface area (Å²) in [5, 5.41) is 0. The molecule has 0 saturated carbocycles. The summed E-state index contributed by atoms with van der Waals surface area (Å²) in [6.45, 7) is 2.28. The zero-order valence-electron chi connectivity index (χ0n) is 11.8. The minimum atomic E-state index is -0.550. The highest BCUT2D eigenvalue weighted by Crippen LogP contribution is 2.01. The molecule has 0 atom stereocenters. The summed E-state index contributed by atoms with van der Waals surface area (Å²) < 4.78 is 10.1. The van der Waals surface area contributed by atoms with Crippen LogP contribution in [-0.4, -0.2) is 37.7 Å². The number of hydrogen-bond acceptors (Lipinski definition) is 5. The number of ether oxygens (including phenoxy) is 2. The number of aliphatic imine (C=N–C) groups is 1. The number of rotatable bonds is 8. The molecule has 0 saturated heterocycles. The van der Waals surface area contributed by atoms with Crippen molar-refractivity contribution in [2.75, 3.05) is 20.3 Å². The van der Waals surface area contributed by atoms with E-state index in [2.05, 4.69) is 4.99 Å². The van der Waals surface area contributed by atoms with Gasteiger partial charge in [-0.25, -0.2) is 4.79 Å². The summed E-state index contributed by atoms with van der Waals surface area (Å²) in [6, 6.07) is 9.56. The van der Waals surface area contributed by atoms with Gasteiger partial charge in [0.15, 0.2) is 5.78 Å². The summed E-state index contributed by atoms with van der Waals surface area (Å²) in [7, 11) is 1.46. The predicted octanol–water partition coefficient (Wildman–Crippen LogP) is 1.80. The fraction of sp³-hybridized carbons (Fsp3) is 0.400. The first-order valence-electron chi connectivity index (χ1n) is 6.43. The third kappa shape index (κ3) is 5.75. The molecule has 0 unspecified atom stereocenters. The molecular formula is C15H19NO4. The normalized spacial score (nSPS) is 11.2. The van der Waals surface area contributed by atoms with Crippen LogP contribution in [-0.2, 0) is 25.7 Å². The summed E-state index contributed by atoms with van der Waals surface area (Å²) >= 11 is 0. The maximum atomic E-state index is 11.7. The lowest BCUT2D eigenvalue weighted by molar-refractivity contribution is -0.135. The van der Waals surface area contributed by atoms with Crippen molar-refractivity contribution < 1.29 is 19.1 Å². The highest BCUT2D eigenvalue weighted by molar-refractivity contribution is 6.39. The molecule has 0 aromatic heterocycles. The van der Waals surface area contributed by atoms with Gasteiger partial charge < -0.3 is 9.47 Å². The van der Waals surface area contributed by atoms with Gasteiger partial charge in [-0.2, -0.15) is 0 Å². The van der Waals surface area contributed by atoms with E-state index in [1.165, 1.54) is 7.05 Å². The van der Waals surface area contributed by atoms with Crippen LogP contribution in [0, 0.1) is 0 Å². The van der Waals surface area contributed by atoms with Gasteiger partial charge >= 0.3 is 5.97 Å². The highest BCUT2D eigenvalue weighted by atomic mass is 16.5. The molecule has 0 aliphatic carbocycles. The van der Waals surface area contributed by atoms with Gasteiger partial charge in [-0.05, 0) is 12.5 Å². The molecule has 0 aliphatic heterocycles. The second kappa shape index (κ2) is 8.98. The van der Waals surface area contributed by atoms with Crippen LogP contribution in [0.25, 0.3) is 0 Å². The number of carbonyl (C=O) groups is 2. The van der Waals surface area contributed by atoms with Gasteiger partial charge in [0.05, 0.1) is 19.6 Å². The number of benzene rings is 1. The highest BCUT2D eigenvalue weighted by Gasteiger charge is 2.16. The molecule has 108 valence electrons. The van der Waals surface area contributed by atoms with Crippen molar-refractivity contribution in [3.8, 4) is 0 Å². The van der Waals surface area contributed by atoms with E-state index in [0.29, 0.717) is 6.61 Å². The molecule has 5 nitrogen and oxygen atoms in total. The minimum Gasteiger partial charge on any atom is -0.462 e. The first kappa shape index (κ1) is 16.0. The van der Waals surface area contributed by atoms with Gasteiger partial charge in [-0.3, -0.25) is 9.79 Å². The molecule has 1 aromatic carbocycles. The van der Waals surface area contributed by atoms with Gasteiger partial charge in [-0.15, -0.1) is 0 Å². The van der Waals surface area contributed by atoms with Gasteiger partial charge in [0.1, 0.15) is 12.3 Å². The van der Waals surface area contributed by atoms with Crippen LogP contribution < -0.4 is 0 Å². The molecule has 1 aromatic rings. The van der Waals surface area contributed by atoms with Crippen molar-refractivity contribution in [2.24, 2.45) is 4.99 Å². The first-order valence-corrected chi connectivity index (χ1v) is 6.43. The quantitative estimate of drug-likeness (QED) is 0.537. The molecule has 0 radical (unpaired) electrons. The van der Waals surface area contributed by atoms with Gasteiger partial charge in [0.25, 0.3) is 0 Å². The maximum Gasteiger partial charge on any atom is 0.352 e. The van der Waals surface area contributed by atoms with Crippen molar-refractivity contribution in [1.82, 2.24) is 0 Å². The molecule has 0 spiro atoms. The Morgan fingerprint density at radius 1 is 1.20 bits per heavy atom. The van der Waals surface area contributed by atoms with Crippen LogP contribution >= 0.6 is 0 Å². The second-order valence-corrected chi connectivity index (χ2v) is 4.08. The van der Waals surface area contributed by atoms with E-state index >= 15 is 0 Å². The fourth-order valence-corrected chi connectivity index (χ4v) is 1.55. The third-order valence-corrected chi connectivity index (χ3v) is 2.52. The van der Waals surface area contributed by atoms with Crippen LogP contribution in [0.15, 0.2) is 35.3 Å². The Hall–Kier alpha value is -2.01. The number of ketones is 1. The molecule has 0 fully saturated rings. The Labute approximate surface area is 118 Å². The zero-order chi connectivity index (χ0) is 14.8. The molecule has 0 bridgehead atoms. The van der Waals surface area contributed by atoms with E-state index in [-0.39, 0.29) is 31.1 Å². The summed E-state index contributed by atoms with van der Waals surface area (Å²) in [5.41, 5.74) is 1.12. The Kier molecular flexibility index (Phi) is 7.21. The zero-order valence-corrected chi connectivity index (χ0v) is 11.8. The van der Waals surface area contributed by atoms with Crippen LogP contribution in [0.5, 0.6) is 0 Å². The standard InChI is InChI=1S/C15H19NO4/c1-3-20-15(18)14(16-2)9-13(17)11-19-10-12-7-5-4-6-8-12/h4-8H,3,9-11H2,1-2H3. The second-order valence-electron chi connectivity index (χ2n) is 4.08. The monoisotopic (exact) mass is 277 g/mol. The van der Waals surface area contributed by atoms with Gasteiger partial charge in [0, 0.05) is 7.05 Å². The first-order chi connectivity index (χ1) is 9.67. The van der Waals surface area contributed by atoms with E-state index < -0.39 is 5.97 Å². The minimum absolute atomic E-state index is 0.0483. The number of carbonyl (C=O) groups excluding carboxylic acids is 2. The molecule has 0 aliphatic rings. The number of nitrogens with zero attached hydrogens (tertiary/aromatic N) is 1. The Bertz CT molecular complexity index is 468. The van der Waals surface area contributed by atoms with Crippen molar-refractivity contribution in [3.63, 3.8) is 0 Å². The largest absolute Gasteiger partial charge is 0.462 e. The Morgan fingerprint density at radius 2 is 1.90 bits per heavy atom. The van der Waals surface area contributed by atoms with E-state index in [9.17, 15) is 9.59 Å². The molecule has 20 heavy (non-hydrogen) atoms.